The highest BCUT2D eigenvalue weighted by molar-refractivity contribution is 6.44. The fourth-order valence-electron chi connectivity index (χ4n) is 3.21. The topological polar surface area (TPSA) is 58.5 Å². The van der Waals surface area contributed by atoms with Gasteiger partial charge in [0.1, 0.15) is 0 Å². The van der Waals surface area contributed by atoms with Gasteiger partial charge in [-0.15, -0.1) is 0 Å². The molecule has 4 nitrogen and oxygen atoms in total. The number of benzene rings is 1. The quantitative estimate of drug-likeness (QED) is 0.186. The maximum absolute atomic E-state index is 13.0. The van der Waals surface area contributed by atoms with E-state index in [2.05, 4.69) is 51.9 Å². The maximum Gasteiger partial charge on any atom is 0.270 e. The molecule has 1 unspecified atom stereocenters. The van der Waals surface area contributed by atoms with Crippen LogP contribution in [0.4, 0.5) is 8.78 Å². The van der Waals surface area contributed by atoms with E-state index in [-0.39, 0.29) is 17.9 Å². The summed E-state index contributed by atoms with van der Waals surface area (Å²) in [5.74, 6) is -1.78. The highest BCUT2D eigenvalue weighted by Gasteiger charge is 2.24. The molecule has 1 atom stereocenters. The Balaban J connectivity index is -0.000000235. The fourth-order valence-corrected chi connectivity index (χ4v) is 3.21. The normalized spacial score (nSPS) is 11.6. The second kappa shape index (κ2) is 30.6. The van der Waals surface area contributed by atoms with E-state index in [1.165, 1.54) is 56.2 Å². The Labute approximate surface area is 252 Å². The predicted molar refractivity (Wildman–Crippen MR) is 177 cm³/mol. The molecule has 41 heavy (non-hydrogen) atoms. The van der Waals surface area contributed by atoms with Gasteiger partial charge in [-0.05, 0) is 43.9 Å². The van der Waals surface area contributed by atoms with Crippen molar-refractivity contribution in [3.63, 3.8) is 0 Å². The van der Waals surface area contributed by atoms with E-state index < -0.39 is 5.92 Å². The van der Waals surface area contributed by atoms with Crippen molar-refractivity contribution >= 4 is 17.9 Å². The molecule has 1 aromatic carbocycles. The third-order valence-electron chi connectivity index (χ3n) is 6.01. The number of rotatable bonds is 13. The molecule has 0 saturated heterocycles. The molecule has 0 saturated carbocycles. The van der Waals surface area contributed by atoms with Crippen LogP contribution in [0.2, 0.25) is 0 Å². The Morgan fingerprint density at radius 1 is 1.00 bits per heavy atom. The van der Waals surface area contributed by atoms with Crippen LogP contribution in [-0.4, -0.2) is 25.0 Å². The predicted octanol–water partition coefficient (Wildman–Crippen LogP) is 10.8. The minimum absolute atomic E-state index is 0.0230. The lowest BCUT2D eigenvalue weighted by molar-refractivity contribution is -0.112. The summed E-state index contributed by atoms with van der Waals surface area (Å²) >= 11 is 0. The van der Waals surface area contributed by atoms with Gasteiger partial charge in [-0.3, -0.25) is 14.6 Å². The molecule has 6 heteroatoms. The number of Topliss-reactive ketones (excluding diaryl/α,β-unsaturated/α-hetero) is 1. The number of carbonyl (C=O) groups is 2. The van der Waals surface area contributed by atoms with E-state index in [9.17, 15) is 18.4 Å². The Hall–Kier alpha value is -2.37. The summed E-state index contributed by atoms with van der Waals surface area (Å²) in [5, 5.41) is 2.44. The summed E-state index contributed by atoms with van der Waals surface area (Å²) in [6, 6.07) is 4.62. The minimum atomic E-state index is -2.85. The SMILES string of the molecule is CC.CCC(=O)C(/C=C(\C)CC)=NC.CCCC(C)CC.CCCCC.Cc1cc(CNC=O)cc(C(C)(F)F)c1. The number of halogens is 2. The molecular weight excluding hydrogens is 518 g/mol. The van der Waals surface area contributed by atoms with Crippen LogP contribution in [0.15, 0.2) is 34.8 Å². The zero-order chi connectivity index (χ0) is 32.9. The summed E-state index contributed by atoms with van der Waals surface area (Å²) < 4.78 is 26.1. The standard InChI is InChI=1S/C11H13F2NO.C10H17NO.C7H16.C5H12.C2H6/c1-8-3-9(6-14-7-15)5-10(4-8)11(2,12)13;1-5-8(3)7-9(11-4)10(12)6-2;1-4-6-7(3)5-2;1-3-5-4-2;1-2/h3-5,7H,6H2,1-2H3,(H,14,15);7H,5-6H2,1-4H3;7H,4-6H2,1-3H3;3-5H2,1-2H3;1-2H3/b;8-7+,11-9?;;;. The van der Waals surface area contributed by atoms with E-state index in [4.69, 9.17) is 0 Å². The summed E-state index contributed by atoms with van der Waals surface area (Å²) in [6.45, 7) is 24.0. The number of amides is 1. The van der Waals surface area contributed by atoms with Crippen molar-refractivity contribution in [3.05, 3.63) is 46.5 Å². The van der Waals surface area contributed by atoms with Gasteiger partial charge < -0.3 is 5.32 Å². The lowest BCUT2D eigenvalue weighted by Crippen LogP contribution is -2.12. The smallest absolute Gasteiger partial charge is 0.270 e. The molecule has 1 aromatic rings. The highest BCUT2D eigenvalue weighted by Crippen LogP contribution is 2.28. The van der Waals surface area contributed by atoms with Crippen molar-refractivity contribution in [2.24, 2.45) is 10.9 Å². The van der Waals surface area contributed by atoms with Gasteiger partial charge in [0.15, 0.2) is 5.78 Å². The van der Waals surface area contributed by atoms with Gasteiger partial charge in [-0.2, -0.15) is 0 Å². The third kappa shape index (κ3) is 28.9. The van der Waals surface area contributed by atoms with Crippen LogP contribution in [0.1, 0.15) is 144 Å². The first-order valence-corrected chi connectivity index (χ1v) is 15.6. The first-order valence-electron chi connectivity index (χ1n) is 15.6. The molecule has 0 aliphatic carbocycles. The Bertz CT molecular complexity index is 826. The van der Waals surface area contributed by atoms with Crippen molar-refractivity contribution in [2.75, 3.05) is 7.05 Å². The third-order valence-corrected chi connectivity index (χ3v) is 6.01. The molecule has 0 radical (unpaired) electrons. The van der Waals surface area contributed by atoms with Gasteiger partial charge in [0.2, 0.25) is 6.41 Å². The number of unbranched alkanes of at least 4 members (excludes halogenated alkanes) is 2. The molecule has 0 fully saturated rings. The van der Waals surface area contributed by atoms with Crippen LogP contribution >= 0.6 is 0 Å². The van der Waals surface area contributed by atoms with Gasteiger partial charge in [0.05, 0.1) is 5.71 Å². The first kappa shape index (κ1) is 45.6. The Morgan fingerprint density at radius 2 is 1.56 bits per heavy atom. The highest BCUT2D eigenvalue weighted by atomic mass is 19.3. The van der Waals surface area contributed by atoms with Crippen LogP contribution in [-0.2, 0) is 22.1 Å². The largest absolute Gasteiger partial charge is 0.355 e. The number of allylic oxidation sites excluding steroid dienone is 2. The van der Waals surface area contributed by atoms with E-state index in [0.717, 1.165) is 24.8 Å². The minimum Gasteiger partial charge on any atom is -0.355 e. The molecule has 0 spiro atoms. The van der Waals surface area contributed by atoms with Crippen molar-refractivity contribution < 1.29 is 18.4 Å². The van der Waals surface area contributed by atoms with Crippen LogP contribution in [0.5, 0.6) is 0 Å². The number of aliphatic imine (C=N–C) groups is 1. The van der Waals surface area contributed by atoms with Gasteiger partial charge >= 0.3 is 0 Å². The molecule has 0 aliphatic rings. The fraction of sp³-hybridized carbons (Fsp3) is 0.686. The molecule has 1 rings (SSSR count). The van der Waals surface area contributed by atoms with Crippen LogP contribution in [0.25, 0.3) is 0 Å². The Kier molecular flexibility index (Phi) is 34.0. The summed E-state index contributed by atoms with van der Waals surface area (Å²) in [7, 11) is 1.66. The number of hydrogen-bond donors (Lipinski definition) is 1. The monoisotopic (exact) mass is 582 g/mol. The van der Waals surface area contributed by atoms with Gasteiger partial charge in [-0.25, -0.2) is 8.78 Å². The van der Waals surface area contributed by atoms with Gasteiger partial charge in [0.25, 0.3) is 5.92 Å². The van der Waals surface area contributed by atoms with Gasteiger partial charge in [0, 0.05) is 32.5 Å². The number of alkyl halides is 2. The molecule has 1 amide bonds. The number of carbonyl (C=O) groups excluding carboxylic acids is 2. The maximum atomic E-state index is 13.0. The average Bonchev–Trinajstić information content (AvgIpc) is 2.96. The van der Waals surface area contributed by atoms with E-state index >= 15 is 0 Å². The number of ketones is 1. The second-order valence-electron chi connectivity index (χ2n) is 9.98. The lowest BCUT2D eigenvalue weighted by atomic mass is 10.0. The number of hydrogen-bond acceptors (Lipinski definition) is 3. The summed E-state index contributed by atoms with van der Waals surface area (Å²) in [6.07, 6.45) is 12.1. The van der Waals surface area contributed by atoms with E-state index in [1.54, 1.807) is 20.0 Å². The zero-order valence-electron chi connectivity index (χ0n) is 28.8. The molecule has 0 aromatic heterocycles. The Morgan fingerprint density at radius 3 is 1.88 bits per heavy atom. The van der Waals surface area contributed by atoms with Crippen molar-refractivity contribution in [2.45, 2.75) is 147 Å². The number of aryl methyl sites for hydroxylation is 1. The second-order valence-corrected chi connectivity index (χ2v) is 9.98. The number of nitrogens with zero attached hydrogens (tertiary/aromatic N) is 1. The molecule has 240 valence electrons. The molecular formula is C35H64F2N2O2. The van der Waals surface area contributed by atoms with E-state index in [1.807, 2.05) is 33.8 Å². The average molecular weight is 583 g/mol. The van der Waals surface area contributed by atoms with Crippen LogP contribution in [0.3, 0.4) is 0 Å². The van der Waals surface area contributed by atoms with Crippen molar-refractivity contribution in [1.29, 1.82) is 0 Å². The van der Waals surface area contributed by atoms with E-state index in [0.29, 0.717) is 24.1 Å². The molecule has 0 bridgehead atoms. The summed E-state index contributed by atoms with van der Waals surface area (Å²) in [4.78, 5) is 25.2. The van der Waals surface area contributed by atoms with Crippen molar-refractivity contribution in [3.8, 4) is 0 Å². The van der Waals surface area contributed by atoms with Gasteiger partial charge in [-0.1, -0.05) is 124 Å². The molecule has 0 heterocycles. The summed E-state index contributed by atoms with van der Waals surface area (Å²) in [5.41, 5.74) is 3.20. The first-order chi connectivity index (χ1) is 19.3. The number of nitrogens with one attached hydrogen (secondary N) is 1. The molecule has 1 N–H and O–H groups in total. The zero-order valence-corrected chi connectivity index (χ0v) is 28.8. The van der Waals surface area contributed by atoms with Crippen molar-refractivity contribution in [1.82, 2.24) is 5.32 Å². The lowest BCUT2D eigenvalue weighted by Gasteiger charge is -2.13. The van der Waals surface area contributed by atoms with Crippen LogP contribution < -0.4 is 5.32 Å². The van der Waals surface area contributed by atoms with Crippen LogP contribution in [0, 0.1) is 12.8 Å². The molecule has 0 aliphatic heterocycles.